The van der Waals surface area contributed by atoms with Crippen molar-refractivity contribution in [1.82, 2.24) is 19.9 Å². The van der Waals surface area contributed by atoms with Gasteiger partial charge in [0.2, 0.25) is 0 Å². The molecule has 0 aliphatic rings. The first-order valence-electron chi connectivity index (χ1n) is 8.21. The van der Waals surface area contributed by atoms with E-state index in [0.717, 1.165) is 28.2 Å². The molecule has 0 radical (unpaired) electrons. The van der Waals surface area contributed by atoms with E-state index in [0.29, 0.717) is 6.54 Å². The zero-order valence-corrected chi connectivity index (χ0v) is 14.6. The number of nitrogens with one attached hydrogen (secondary N) is 1. The third kappa shape index (κ3) is 3.18. The summed E-state index contributed by atoms with van der Waals surface area (Å²) in [6.07, 6.45) is 1.89. The number of hydrogen-bond acceptors (Lipinski definition) is 4. The molecule has 0 fully saturated rings. The van der Waals surface area contributed by atoms with Gasteiger partial charge < -0.3 is 10.4 Å². The summed E-state index contributed by atoms with van der Waals surface area (Å²) in [7, 11) is 0. The van der Waals surface area contributed by atoms with E-state index in [1.165, 1.54) is 0 Å². The first kappa shape index (κ1) is 16.6. The number of aromatic nitrogens is 3. The van der Waals surface area contributed by atoms with E-state index in [1.54, 1.807) is 0 Å². The van der Waals surface area contributed by atoms with Crippen LogP contribution in [-0.4, -0.2) is 26.2 Å². The van der Waals surface area contributed by atoms with Crippen LogP contribution >= 0.6 is 0 Å². The van der Waals surface area contributed by atoms with Crippen LogP contribution in [-0.2, 0) is 5.60 Å². The summed E-state index contributed by atoms with van der Waals surface area (Å²) in [4.78, 5) is 4.48. The summed E-state index contributed by atoms with van der Waals surface area (Å²) in [5, 5.41) is 18.6. The molecule has 2 atom stereocenters. The Morgan fingerprint density at radius 1 is 1.25 bits per heavy atom. The molecule has 0 spiro atoms. The second-order valence-electron chi connectivity index (χ2n) is 6.60. The van der Waals surface area contributed by atoms with Gasteiger partial charge in [0.25, 0.3) is 0 Å². The second kappa shape index (κ2) is 6.34. The fourth-order valence-corrected chi connectivity index (χ4v) is 2.96. The summed E-state index contributed by atoms with van der Waals surface area (Å²) >= 11 is 0. The molecule has 3 aromatic rings. The van der Waals surface area contributed by atoms with Gasteiger partial charge in [0, 0.05) is 36.1 Å². The van der Waals surface area contributed by atoms with Crippen molar-refractivity contribution in [3.05, 3.63) is 65.1 Å². The normalized spacial score (nSPS) is 15.4. The first-order chi connectivity index (χ1) is 11.4. The van der Waals surface area contributed by atoms with Crippen molar-refractivity contribution in [2.24, 2.45) is 0 Å². The van der Waals surface area contributed by atoms with Gasteiger partial charge in [0.1, 0.15) is 0 Å². The Morgan fingerprint density at radius 2 is 1.96 bits per heavy atom. The fraction of sp³-hybridized carbons (Fsp3) is 0.368. The summed E-state index contributed by atoms with van der Waals surface area (Å²) in [5.74, 6) is 0. The molecular formula is C19H24N4O. The molecule has 2 aromatic heterocycles. The number of hydrogen-bond donors (Lipinski definition) is 2. The molecule has 126 valence electrons. The van der Waals surface area contributed by atoms with E-state index in [-0.39, 0.29) is 6.04 Å². The van der Waals surface area contributed by atoms with Gasteiger partial charge in [0.05, 0.1) is 11.3 Å². The Bertz CT molecular complexity index is 839. The summed E-state index contributed by atoms with van der Waals surface area (Å²) in [6, 6.07) is 11.7. The molecule has 1 aromatic carbocycles. The van der Waals surface area contributed by atoms with Crippen LogP contribution in [0.2, 0.25) is 0 Å². The fourth-order valence-electron chi connectivity index (χ4n) is 2.96. The molecule has 0 amide bonds. The Labute approximate surface area is 142 Å². The van der Waals surface area contributed by atoms with Crippen molar-refractivity contribution in [2.75, 3.05) is 6.54 Å². The van der Waals surface area contributed by atoms with Crippen molar-refractivity contribution in [1.29, 1.82) is 0 Å². The highest BCUT2D eigenvalue weighted by molar-refractivity contribution is 5.42. The number of nitrogens with zero attached hydrogens (tertiary/aromatic N) is 3. The van der Waals surface area contributed by atoms with Crippen LogP contribution in [0, 0.1) is 13.8 Å². The van der Waals surface area contributed by atoms with Gasteiger partial charge in [0.15, 0.2) is 5.65 Å². The third-order valence-electron chi connectivity index (χ3n) is 4.50. The average molecular weight is 324 g/mol. The van der Waals surface area contributed by atoms with Gasteiger partial charge in [-0.3, -0.25) is 0 Å². The maximum atomic E-state index is 10.7. The standard InChI is InChI=1S/C19H24N4O/c1-13-10-18-20-11-17(15(3)23(18)22-13)14(2)21-12-19(4,24)16-8-6-5-7-9-16/h5-11,14,21,24H,12H2,1-4H3. The molecule has 0 saturated carbocycles. The molecule has 5 nitrogen and oxygen atoms in total. The number of fused-ring (bicyclic) bond motifs is 1. The van der Waals surface area contributed by atoms with Crippen molar-refractivity contribution < 1.29 is 5.11 Å². The number of rotatable bonds is 5. The highest BCUT2D eigenvalue weighted by Crippen LogP contribution is 2.22. The lowest BCUT2D eigenvalue weighted by atomic mass is 9.95. The van der Waals surface area contributed by atoms with Gasteiger partial charge in [-0.2, -0.15) is 5.10 Å². The molecule has 0 bridgehead atoms. The maximum Gasteiger partial charge on any atom is 0.155 e. The molecule has 5 heteroatoms. The van der Waals surface area contributed by atoms with Gasteiger partial charge in [-0.25, -0.2) is 9.50 Å². The second-order valence-corrected chi connectivity index (χ2v) is 6.60. The highest BCUT2D eigenvalue weighted by Gasteiger charge is 2.24. The van der Waals surface area contributed by atoms with Gasteiger partial charge in [-0.15, -0.1) is 0 Å². The van der Waals surface area contributed by atoms with Crippen LogP contribution in [0.5, 0.6) is 0 Å². The minimum atomic E-state index is -0.927. The third-order valence-corrected chi connectivity index (χ3v) is 4.50. The van der Waals surface area contributed by atoms with E-state index in [1.807, 2.05) is 67.9 Å². The molecule has 24 heavy (non-hydrogen) atoms. The minimum Gasteiger partial charge on any atom is -0.384 e. The Balaban J connectivity index is 1.78. The van der Waals surface area contributed by atoms with Gasteiger partial charge >= 0.3 is 0 Å². The zero-order chi connectivity index (χ0) is 17.3. The van der Waals surface area contributed by atoms with Crippen molar-refractivity contribution >= 4 is 5.65 Å². The lowest BCUT2D eigenvalue weighted by Crippen LogP contribution is -2.37. The van der Waals surface area contributed by atoms with Gasteiger partial charge in [-0.1, -0.05) is 30.3 Å². The topological polar surface area (TPSA) is 62.5 Å². The maximum absolute atomic E-state index is 10.7. The zero-order valence-electron chi connectivity index (χ0n) is 14.6. The predicted molar refractivity (Wildman–Crippen MR) is 94.9 cm³/mol. The molecule has 0 aliphatic carbocycles. The Morgan fingerprint density at radius 3 is 2.67 bits per heavy atom. The quantitative estimate of drug-likeness (QED) is 0.757. The van der Waals surface area contributed by atoms with Crippen LogP contribution in [0.15, 0.2) is 42.6 Å². The average Bonchev–Trinajstić information content (AvgIpc) is 2.95. The van der Waals surface area contributed by atoms with Crippen molar-refractivity contribution in [2.45, 2.75) is 39.3 Å². The minimum absolute atomic E-state index is 0.0570. The molecule has 2 unspecified atom stereocenters. The molecular weight excluding hydrogens is 300 g/mol. The molecule has 3 rings (SSSR count). The lowest BCUT2D eigenvalue weighted by molar-refractivity contribution is 0.0543. The monoisotopic (exact) mass is 324 g/mol. The molecule has 0 saturated heterocycles. The van der Waals surface area contributed by atoms with E-state index in [9.17, 15) is 5.11 Å². The molecule has 2 N–H and O–H groups in total. The first-order valence-corrected chi connectivity index (χ1v) is 8.21. The van der Waals surface area contributed by atoms with Crippen LogP contribution in [0.1, 0.15) is 42.4 Å². The Hall–Kier alpha value is -2.24. The largest absolute Gasteiger partial charge is 0.384 e. The highest BCUT2D eigenvalue weighted by atomic mass is 16.3. The predicted octanol–water partition coefficient (Wildman–Crippen LogP) is 2.90. The summed E-state index contributed by atoms with van der Waals surface area (Å²) in [5.41, 5.74) is 3.93. The van der Waals surface area contributed by atoms with Crippen molar-refractivity contribution in [3.8, 4) is 0 Å². The van der Waals surface area contributed by atoms with E-state index < -0.39 is 5.60 Å². The molecule has 0 aliphatic heterocycles. The van der Waals surface area contributed by atoms with Crippen molar-refractivity contribution in [3.63, 3.8) is 0 Å². The van der Waals surface area contributed by atoms with E-state index in [2.05, 4.69) is 22.3 Å². The summed E-state index contributed by atoms with van der Waals surface area (Å²) in [6.45, 7) is 8.37. The smallest absolute Gasteiger partial charge is 0.155 e. The van der Waals surface area contributed by atoms with Crippen LogP contribution in [0.3, 0.4) is 0 Å². The van der Waals surface area contributed by atoms with Gasteiger partial charge in [-0.05, 0) is 33.3 Å². The van der Waals surface area contributed by atoms with Crippen LogP contribution < -0.4 is 5.32 Å². The molecule has 2 heterocycles. The lowest BCUT2D eigenvalue weighted by Gasteiger charge is -2.27. The van der Waals surface area contributed by atoms with E-state index in [4.69, 9.17) is 0 Å². The number of benzene rings is 1. The van der Waals surface area contributed by atoms with Crippen LogP contribution in [0.4, 0.5) is 0 Å². The SMILES string of the molecule is Cc1cc2ncc(C(C)NCC(C)(O)c3ccccc3)c(C)n2n1. The number of aryl methyl sites for hydroxylation is 2. The summed E-state index contributed by atoms with van der Waals surface area (Å²) < 4.78 is 1.87. The van der Waals surface area contributed by atoms with E-state index >= 15 is 0 Å². The number of aliphatic hydroxyl groups is 1. The van der Waals surface area contributed by atoms with Crippen LogP contribution in [0.25, 0.3) is 5.65 Å². The Kier molecular flexibility index (Phi) is 4.39.